The molecule has 0 spiro atoms. The molecule has 1 aliphatic carbocycles. The third-order valence-corrected chi connectivity index (χ3v) is 4.69. The molecule has 2 aliphatic rings. The van der Waals surface area contributed by atoms with E-state index in [0.717, 1.165) is 43.5 Å². The van der Waals surface area contributed by atoms with Crippen LogP contribution in [0.5, 0.6) is 0 Å². The van der Waals surface area contributed by atoms with Crippen LogP contribution in [0.4, 0.5) is 5.69 Å². The number of rotatable bonds is 3. The van der Waals surface area contributed by atoms with E-state index in [0.29, 0.717) is 0 Å². The van der Waals surface area contributed by atoms with E-state index in [1.807, 2.05) is 18.2 Å². The molecule has 2 fully saturated rings. The van der Waals surface area contributed by atoms with E-state index in [1.54, 1.807) is 0 Å². The summed E-state index contributed by atoms with van der Waals surface area (Å²) < 4.78 is 0. The van der Waals surface area contributed by atoms with Crippen LogP contribution in [-0.4, -0.2) is 43.0 Å². The van der Waals surface area contributed by atoms with Gasteiger partial charge in [0.05, 0.1) is 0 Å². The number of anilines is 1. The summed E-state index contributed by atoms with van der Waals surface area (Å²) in [7, 11) is 0. The number of piperazine rings is 1. The van der Waals surface area contributed by atoms with Crippen molar-refractivity contribution in [2.45, 2.75) is 31.7 Å². The van der Waals surface area contributed by atoms with Gasteiger partial charge >= 0.3 is 0 Å². The van der Waals surface area contributed by atoms with Crippen molar-refractivity contribution in [3.8, 4) is 0 Å². The minimum atomic E-state index is 0.166. The molecule has 1 aromatic carbocycles. The zero-order valence-electron chi connectivity index (χ0n) is 12.0. The molecule has 108 valence electrons. The second kappa shape index (κ2) is 5.83. The van der Waals surface area contributed by atoms with Crippen LogP contribution in [0.15, 0.2) is 24.3 Å². The molecule has 4 heteroatoms. The summed E-state index contributed by atoms with van der Waals surface area (Å²) in [4.78, 5) is 5.03. The molecule has 0 radical (unpaired) electrons. The fourth-order valence-corrected chi connectivity index (χ4v) is 3.57. The van der Waals surface area contributed by atoms with E-state index < -0.39 is 0 Å². The van der Waals surface area contributed by atoms with Crippen molar-refractivity contribution in [2.75, 3.05) is 31.1 Å². The van der Waals surface area contributed by atoms with Crippen LogP contribution < -0.4 is 10.6 Å². The van der Waals surface area contributed by atoms with Crippen molar-refractivity contribution in [1.29, 1.82) is 5.41 Å². The summed E-state index contributed by atoms with van der Waals surface area (Å²) in [6.07, 6.45) is 5.56. The van der Waals surface area contributed by atoms with Gasteiger partial charge in [-0.1, -0.05) is 25.0 Å². The van der Waals surface area contributed by atoms with E-state index in [4.69, 9.17) is 11.1 Å². The van der Waals surface area contributed by atoms with Crippen LogP contribution in [0.2, 0.25) is 0 Å². The van der Waals surface area contributed by atoms with Gasteiger partial charge in [-0.3, -0.25) is 10.3 Å². The molecule has 0 atom stereocenters. The highest BCUT2D eigenvalue weighted by Crippen LogP contribution is 2.26. The van der Waals surface area contributed by atoms with Crippen LogP contribution in [0, 0.1) is 5.41 Å². The lowest BCUT2D eigenvalue weighted by Crippen LogP contribution is -2.50. The summed E-state index contributed by atoms with van der Waals surface area (Å²) in [5.41, 5.74) is 7.67. The summed E-state index contributed by atoms with van der Waals surface area (Å²) in [6.45, 7) is 4.36. The van der Waals surface area contributed by atoms with Gasteiger partial charge in [-0.05, 0) is 25.0 Å². The Morgan fingerprint density at radius 1 is 1.05 bits per heavy atom. The topological polar surface area (TPSA) is 56.4 Å². The first-order chi connectivity index (χ1) is 9.75. The molecule has 0 unspecified atom stereocenters. The highest BCUT2D eigenvalue weighted by molar-refractivity contribution is 6.00. The van der Waals surface area contributed by atoms with E-state index in [2.05, 4.69) is 15.9 Å². The van der Waals surface area contributed by atoms with Crippen molar-refractivity contribution in [2.24, 2.45) is 5.73 Å². The Kier molecular flexibility index (Phi) is 3.92. The maximum atomic E-state index is 7.71. The summed E-state index contributed by atoms with van der Waals surface area (Å²) in [6, 6.07) is 8.84. The largest absolute Gasteiger partial charge is 0.384 e. The minimum absolute atomic E-state index is 0.166. The number of amidine groups is 1. The molecule has 1 aromatic rings. The Balaban J connectivity index is 1.67. The monoisotopic (exact) mass is 272 g/mol. The fourth-order valence-electron chi connectivity index (χ4n) is 3.57. The lowest BCUT2D eigenvalue weighted by molar-refractivity contribution is 0.187. The van der Waals surface area contributed by atoms with E-state index in [1.165, 1.54) is 25.7 Å². The summed E-state index contributed by atoms with van der Waals surface area (Å²) >= 11 is 0. The fraction of sp³-hybridized carbons (Fsp3) is 0.562. The van der Waals surface area contributed by atoms with Crippen LogP contribution >= 0.6 is 0 Å². The molecule has 3 N–H and O–H groups in total. The van der Waals surface area contributed by atoms with Crippen molar-refractivity contribution < 1.29 is 0 Å². The number of nitrogens with one attached hydrogen (secondary N) is 1. The highest BCUT2D eigenvalue weighted by atomic mass is 15.3. The molecular formula is C16H24N4. The second-order valence-electron chi connectivity index (χ2n) is 5.89. The molecule has 1 aliphatic heterocycles. The summed E-state index contributed by atoms with van der Waals surface area (Å²) in [5.74, 6) is 0.166. The molecule has 0 amide bonds. The minimum Gasteiger partial charge on any atom is -0.384 e. The lowest BCUT2D eigenvalue weighted by atomic mass is 10.1. The van der Waals surface area contributed by atoms with E-state index >= 15 is 0 Å². The molecule has 1 heterocycles. The molecular weight excluding hydrogens is 248 g/mol. The normalized spacial score (nSPS) is 21.3. The first-order valence-corrected chi connectivity index (χ1v) is 7.68. The van der Waals surface area contributed by atoms with Gasteiger partial charge in [0.1, 0.15) is 5.84 Å². The Hall–Kier alpha value is -1.55. The summed E-state index contributed by atoms with van der Waals surface area (Å²) in [5, 5.41) is 7.71. The van der Waals surface area contributed by atoms with Gasteiger partial charge in [0.2, 0.25) is 0 Å². The Morgan fingerprint density at radius 2 is 1.70 bits per heavy atom. The van der Waals surface area contributed by atoms with Gasteiger partial charge < -0.3 is 10.6 Å². The van der Waals surface area contributed by atoms with Crippen molar-refractivity contribution >= 4 is 11.5 Å². The highest BCUT2D eigenvalue weighted by Gasteiger charge is 2.26. The van der Waals surface area contributed by atoms with Crippen molar-refractivity contribution in [3.05, 3.63) is 29.8 Å². The predicted molar refractivity (Wildman–Crippen MR) is 83.5 cm³/mol. The number of benzene rings is 1. The third-order valence-electron chi connectivity index (χ3n) is 4.69. The van der Waals surface area contributed by atoms with Crippen LogP contribution in [0.1, 0.15) is 31.2 Å². The first-order valence-electron chi connectivity index (χ1n) is 7.68. The average Bonchev–Trinajstić information content (AvgIpc) is 3.02. The number of hydrogen-bond acceptors (Lipinski definition) is 3. The quantitative estimate of drug-likeness (QED) is 0.654. The number of nitrogens with zero attached hydrogens (tertiary/aromatic N) is 2. The number of nitrogen functional groups attached to an aromatic ring is 1. The van der Waals surface area contributed by atoms with Crippen molar-refractivity contribution in [1.82, 2.24) is 4.90 Å². The molecule has 1 saturated heterocycles. The van der Waals surface area contributed by atoms with Gasteiger partial charge in [0.15, 0.2) is 0 Å². The second-order valence-corrected chi connectivity index (χ2v) is 5.89. The Morgan fingerprint density at radius 3 is 2.35 bits per heavy atom. The van der Waals surface area contributed by atoms with Gasteiger partial charge in [0, 0.05) is 43.5 Å². The molecule has 3 rings (SSSR count). The first kappa shape index (κ1) is 13.4. The Bertz CT molecular complexity index is 471. The Labute approximate surface area is 121 Å². The molecule has 1 saturated carbocycles. The van der Waals surface area contributed by atoms with E-state index in [9.17, 15) is 0 Å². The van der Waals surface area contributed by atoms with Crippen molar-refractivity contribution in [3.63, 3.8) is 0 Å². The average molecular weight is 272 g/mol. The standard InChI is InChI=1S/C16H24N4/c17-16(18)14-7-3-4-8-15(14)20-11-9-19(10-12-20)13-5-1-2-6-13/h3-4,7-8,13H,1-2,5-6,9-12H2,(H3,17,18). The SMILES string of the molecule is N=C(N)c1ccccc1N1CCN(C2CCCC2)CC1. The van der Waals surface area contributed by atoms with E-state index in [-0.39, 0.29) is 5.84 Å². The van der Waals surface area contributed by atoms with Crippen LogP contribution in [0.25, 0.3) is 0 Å². The number of nitrogens with two attached hydrogens (primary N) is 1. The smallest absolute Gasteiger partial charge is 0.124 e. The predicted octanol–water partition coefficient (Wildman–Crippen LogP) is 2.04. The lowest BCUT2D eigenvalue weighted by Gasteiger charge is -2.39. The molecule has 0 bridgehead atoms. The number of hydrogen-bond donors (Lipinski definition) is 2. The number of para-hydroxylation sites is 1. The zero-order valence-corrected chi connectivity index (χ0v) is 12.0. The van der Waals surface area contributed by atoms with Crippen LogP contribution in [-0.2, 0) is 0 Å². The van der Waals surface area contributed by atoms with Gasteiger partial charge in [-0.2, -0.15) is 0 Å². The molecule has 20 heavy (non-hydrogen) atoms. The maximum absolute atomic E-state index is 7.71. The van der Waals surface area contributed by atoms with Gasteiger partial charge in [-0.25, -0.2) is 0 Å². The molecule has 0 aromatic heterocycles. The van der Waals surface area contributed by atoms with Gasteiger partial charge in [0.25, 0.3) is 0 Å². The van der Waals surface area contributed by atoms with Gasteiger partial charge in [-0.15, -0.1) is 0 Å². The third kappa shape index (κ3) is 2.66. The van der Waals surface area contributed by atoms with Crippen LogP contribution in [0.3, 0.4) is 0 Å². The molecule has 4 nitrogen and oxygen atoms in total. The maximum Gasteiger partial charge on any atom is 0.124 e. The zero-order chi connectivity index (χ0) is 13.9.